The Morgan fingerprint density at radius 3 is 2.12 bits per heavy atom. The highest BCUT2D eigenvalue weighted by molar-refractivity contribution is 5.06. The highest BCUT2D eigenvalue weighted by atomic mass is 14.3. The number of allylic oxidation sites excluding steroid dienone is 2. The first-order chi connectivity index (χ1) is 3.62. The van der Waals surface area contributed by atoms with Gasteiger partial charge in [0.25, 0.3) is 0 Å². The quantitative estimate of drug-likeness (QED) is 0.473. The molecule has 0 aliphatic carbocycles. The van der Waals surface area contributed by atoms with Crippen LogP contribution in [0.15, 0.2) is 12.2 Å². The van der Waals surface area contributed by atoms with Crippen LogP contribution in [0.4, 0.5) is 0 Å². The predicted molar refractivity (Wildman–Crippen MR) is 34.2 cm³/mol. The van der Waals surface area contributed by atoms with E-state index in [1.807, 2.05) is 32.9 Å². The zero-order valence-electron chi connectivity index (χ0n) is 5.60. The van der Waals surface area contributed by atoms with Gasteiger partial charge >= 0.3 is 0 Å². The van der Waals surface area contributed by atoms with Crippen molar-refractivity contribution in [2.75, 3.05) is 0 Å². The molecule has 0 saturated carbocycles. The zero-order chi connectivity index (χ0) is 6.62. The Hall–Kier alpha value is -0.770. The fraction of sp³-hybridized carbons (Fsp3) is 0.571. The second-order valence-electron chi connectivity index (χ2n) is 2.33. The van der Waals surface area contributed by atoms with Crippen LogP contribution >= 0.6 is 0 Å². The van der Waals surface area contributed by atoms with Crippen LogP contribution in [0.5, 0.6) is 0 Å². The van der Waals surface area contributed by atoms with Crippen molar-refractivity contribution >= 4 is 0 Å². The summed E-state index contributed by atoms with van der Waals surface area (Å²) < 4.78 is 0. The predicted octanol–water partition coefficient (Wildman–Crippen LogP) is 2.11. The van der Waals surface area contributed by atoms with E-state index in [1.54, 1.807) is 0 Å². The monoisotopic (exact) mass is 109 g/mol. The lowest BCUT2D eigenvalue weighted by molar-refractivity contribution is 0.643. The van der Waals surface area contributed by atoms with Gasteiger partial charge in [-0.05, 0) is 20.8 Å². The molecule has 0 rings (SSSR count). The second-order valence-corrected chi connectivity index (χ2v) is 2.33. The van der Waals surface area contributed by atoms with Crippen LogP contribution < -0.4 is 0 Å². The first-order valence-corrected chi connectivity index (χ1v) is 2.67. The van der Waals surface area contributed by atoms with E-state index in [-0.39, 0.29) is 5.41 Å². The number of hydrogen-bond acceptors (Lipinski definition) is 1. The summed E-state index contributed by atoms with van der Waals surface area (Å²) in [5.41, 5.74) is -0.283. The van der Waals surface area contributed by atoms with E-state index in [0.717, 1.165) is 0 Å². The van der Waals surface area contributed by atoms with Gasteiger partial charge in [0.05, 0.1) is 11.5 Å². The van der Waals surface area contributed by atoms with E-state index in [9.17, 15) is 0 Å². The van der Waals surface area contributed by atoms with Crippen molar-refractivity contribution in [3.05, 3.63) is 12.2 Å². The van der Waals surface area contributed by atoms with Gasteiger partial charge in [0.15, 0.2) is 0 Å². The summed E-state index contributed by atoms with van der Waals surface area (Å²) in [6.45, 7) is 5.68. The maximum atomic E-state index is 8.42. The molecule has 0 aliphatic heterocycles. The molecule has 1 heteroatoms. The molecule has 0 saturated heterocycles. The van der Waals surface area contributed by atoms with E-state index < -0.39 is 0 Å². The summed E-state index contributed by atoms with van der Waals surface area (Å²) in [5, 5.41) is 8.42. The third kappa shape index (κ3) is 2.41. The molecule has 0 N–H and O–H groups in total. The third-order valence-electron chi connectivity index (χ3n) is 0.871. The fourth-order valence-electron chi connectivity index (χ4n) is 0.454. The van der Waals surface area contributed by atoms with Gasteiger partial charge in [-0.15, -0.1) is 0 Å². The Labute approximate surface area is 50.6 Å². The molecular formula is C7H11N. The summed E-state index contributed by atoms with van der Waals surface area (Å²) in [5.74, 6) is 0. The standard InChI is InChI=1S/C7H11N/c1-4-5-7(2,3)6-8/h4-5H,1-3H3. The minimum Gasteiger partial charge on any atom is -0.197 e. The average molecular weight is 109 g/mol. The van der Waals surface area contributed by atoms with Gasteiger partial charge in [0.1, 0.15) is 0 Å². The molecule has 8 heavy (non-hydrogen) atoms. The average Bonchev–Trinajstić information content (AvgIpc) is 1.67. The van der Waals surface area contributed by atoms with Crippen molar-refractivity contribution in [2.45, 2.75) is 20.8 Å². The number of nitrogens with zero attached hydrogens (tertiary/aromatic N) is 1. The van der Waals surface area contributed by atoms with E-state index in [0.29, 0.717) is 0 Å². The maximum absolute atomic E-state index is 8.42. The number of hydrogen-bond donors (Lipinski definition) is 0. The van der Waals surface area contributed by atoms with E-state index in [2.05, 4.69) is 6.07 Å². The van der Waals surface area contributed by atoms with Crippen LogP contribution in [0.2, 0.25) is 0 Å². The Morgan fingerprint density at radius 1 is 1.50 bits per heavy atom. The summed E-state index contributed by atoms with van der Waals surface area (Å²) in [7, 11) is 0. The fourth-order valence-corrected chi connectivity index (χ4v) is 0.454. The molecule has 0 amide bonds. The highest BCUT2D eigenvalue weighted by Gasteiger charge is 2.09. The molecule has 0 atom stereocenters. The van der Waals surface area contributed by atoms with Crippen molar-refractivity contribution in [1.29, 1.82) is 5.26 Å². The van der Waals surface area contributed by atoms with Crippen molar-refractivity contribution in [3.63, 3.8) is 0 Å². The smallest absolute Gasteiger partial charge is 0.0725 e. The van der Waals surface area contributed by atoms with E-state index >= 15 is 0 Å². The molecule has 0 aromatic heterocycles. The Balaban J connectivity index is 3.97. The lowest BCUT2D eigenvalue weighted by atomic mass is 9.96. The Bertz CT molecular complexity index is 126. The Kier molecular flexibility index (Phi) is 2.27. The van der Waals surface area contributed by atoms with E-state index in [1.165, 1.54) is 0 Å². The highest BCUT2D eigenvalue weighted by Crippen LogP contribution is 2.13. The van der Waals surface area contributed by atoms with Crippen molar-refractivity contribution < 1.29 is 0 Å². The second kappa shape index (κ2) is 2.52. The number of rotatable bonds is 1. The van der Waals surface area contributed by atoms with Gasteiger partial charge in [-0.2, -0.15) is 5.26 Å². The van der Waals surface area contributed by atoms with Gasteiger partial charge in [-0.3, -0.25) is 0 Å². The van der Waals surface area contributed by atoms with E-state index in [4.69, 9.17) is 5.26 Å². The van der Waals surface area contributed by atoms with Gasteiger partial charge in [0.2, 0.25) is 0 Å². The molecule has 0 aromatic rings. The lowest BCUT2D eigenvalue weighted by Gasteiger charge is -2.05. The van der Waals surface area contributed by atoms with Crippen LogP contribution in [0.25, 0.3) is 0 Å². The Morgan fingerprint density at radius 2 is 2.00 bits per heavy atom. The molecule has 0 unspecified atom stereocenters. The minimum atomic E-state index is -0.283. The minimum absolute atomic E-state index is 0.283. The van der Waals surface area contributed by atoms with Crippen LogP contribution in [0, 0.1) is 16.7 Å². The van der Waals surface area contributed by atoms with Crippen LogP contribution in [0.1, 0.15) is 20.8 Å². The molecule has 0 fully saturated rings. The summed E-state index contributed by atoms with van der Waals surface area (Å²) in [6.07, 6.45) is 3.77. The molecule has 0 bridgehead atoms. The maximum Gasteiger partial charge on any atom is 0.0725 e. The normalized spacial score (nSPS) is 11.8. The zero-order valence-corrected chi connectivity index (χ0v) is 5.60. The SMILES string of the molecule is CC=CC(C)(C)C#N. The molecule has 0 spiro atoms. The van der Waals surface area contributed by atoms with Gasteiger partial charge in [-0.1, -0.05) is 12.2 Å². The summed E-state index contributed by atoms with van der Waals surface area (Å²) in [4.78, 5) is 0. The van der Waals surface area contributed by atoms with Gasteiger partial charge in [-0.25, -0.2) is 0 Å². The molecular weight excluding hydrogens is 98.1 g/mol. The third-order valence-corrected chi connectivity index (χ3v) is 0.871. The van der Waals surface area contributed by atoms with Crippen LogP contribution in [-0.4, -0.2) is 0 Å². The van der Waals surface area contributed by atoms with Crippen LogP contribution in [-0.2, 0) is 0 Å². The molecule has 0 heterocycles. The molecule has 44 valence electrons. The van der Waals surface area contributed by atoms with Crippen molar-refractivity contribution in [2.24, 2.45) is 5.41 Å². The van der Waals surface area contributed by atoms with Crippen molar-refractivity contribution in [3.8, 4) is 6.07 Å². The van der Waals surface area contributed by atoms with Gasteiger partial charge < -0.3 is 0 Å². The van der Waals surface area contributed by atoms with Gasteiger partial charge in [0, 0.05) is 0 Å². The molecule has 1 nitrogen and oxygen atoms in total. The topological polar surface area (TPSA) is 23.8 Å². The first kappa shape index (κ1) is 7.23. The number of nitriles is 1. The largest absolute Gasteiger partial charge is 0.197 e. The summed E-state index contributed by atoms with van der Waals surface area (Å²) in [6, 6.07) is 2.16. The molecule has 0 aliphatic rings. The van der Waals surface area contributed by atoms with Crippen LogP contribution in [0.3, 0.4) is 0 Å². The lowest BCUT2D eigenvalue weighted by Crippen LogP contribution is -2.01. The molecule has 0 aromatic carbocycles. The first-order valence-electron chi connectivity index (χ1n) is 2.67. The summed E-state index contributed by atoms with van der Waals surface area (Å²) >= 11 is 0. The molecule has 0 radical (unpaired) electrons. The van der Waals surface area contributed by atoms with Crippen molar-refractivity contribution in [1.82, 2.24) is 0 Å².